The zero-order valence-electron chi connectivity index (χ0n) is 7.60. The molecule has 14 heavy (non-hydrogen) atoms. The van der Waals surface area contributed by atoms with Gasteiger partial charge in [-0.15, -0.1) is 0 Å². The van der Waals surface area contributed by atoms with Crippen molar-refractivity contribution in [3.8, 4) is 0 Å². The third-order valence-electron chi connectivity index (χ3n) is 1.66. The Balaban J connectivity index is 2.75. The van der Waals surface area contributed by atoms with Crippen LogP contribution in [-0.2, 0) is 0 Å². The molecule has 0 bridgehead atoms. The first kappa shape index (κ1) is 11.2. The van der Waals surface area contributed by atoms with Gasteiger partial charge < -0.3 is 15.1 Å². The van der Waals surface area contributed by atoms with Crippen LogP contribution in [0, 0.1) is 0 Å². The maximum Gasteiger partial charge on any atom is 0.149 e. The van der Waals surface area contributed by atoms with Gasteiger partial charge in [0.2, 0.25) is 0 Å². The zero-order valence-corrected chi connectivity index (χ0v) is 8.35. The van der Waals surface area contributed by atoms with Crippen LogP contribution in [0.25, 0.3) is 0 Å². The Kier molecular flexibility index (Phi) is 4.58. The van der Waals surface area contributed by atoms with E-state index in [0.29, 0.717) is 24.1 Å². The number of rotatable bonds is 5. The molecular weight excluding hydrogens is 206 g/mol. The second-order valence-electron chi connectivity index (χ2n) is 2.63. The lowest BCUT2D eigenvalue weighted by molar-refractivity contribution is 0.280. The lowest BCUT2D eigenvalue weighted by Gasteiger charge is -2.20. The van der Waals surface area contributed by atoms with Crippen LogP contribution in [0.5, 0.6) is 0 Å². The van der Waals surface area contributed by atoms with Gasteiger partial charge in [-0.3, -0.25) is 4.98 Å². The predicted molar refractivity (Wildman–Crippen MR) is 53.4 cm³/mol. The summed E-state index contributed by atoms with van der Waals surface area (Å²) in [4.78, 5) is 9.59. The molecule has 0 unspecified atom stereocenters. The molecule has 0 amide bonds. The molecule has 1 aromatic heterocycles. The fourth-order valence-corrected chi connectivity index (χ4v) is 1.21. The van der Waals surface area contributed by atoms with E-state index in [-0.39, 0.29) is 13.2 Å². The number of halogens is 1. The molecule has 5 nitrogen and oxygen atoms in total. The highest BCUT2D eigenvalue weighted by Gasteiger charge is 2.07. The van der Waals surface area contributed by atoms with Gasteiger partial charge in [0.25, 0.3) is 0 Å². The minimum atomic E-state index is -0.00576. The molecule has 0 radical (unpaired) electrons. The summed E-state index contributed by atoms with van der Waals surface area (Å²) in [6.07, 6.45) is 2.97. The van der Waals surface area contributed by atoms with Crippen molar-refractivity contribution in [3.63, 3.8) is 0 Å². The molecule has 1 rings (SSSR count). The second-order valence-corrected chi connectivity index (χ2v) is 3.02. The van der Waals surface area contributed by atoms with Gasteiger partial charge in [0.1, 0.15) is 11.0 Å². The molecule has 0 fully saturated rings. The minimum absolute atomic E-state index is 0.00576. The van der Waals surface area contributed by atoms with Crippen molar-refractivity contribution >= 4 is 17.4 Å². The van der Waals surface area contributed by atoms with Crippen molar-refractivity contribution in [1.29, 1.82) is 0 Å². The highest BCUT2D eigenvalue weighted by Crippen LogP contribution is 2.11. The molecule has 0 saturated carbocycles. The van der Waals surface area contributed by atoms with E-state index < -0.39 is 0 Å². The monoisotopic (exact) mass is 217 g/mol. The first-order chi connectivity index (χ1) is 6.77. The molecule has 0 aromatic carbocycles. The largest absolute Gasteiger partial charge is 0.395 e. The van der Waals surface area contributed by atoms with Crippen LogP contribution in [0.3, 0.4) is 0 Å². The smallest absolute Gasteiger partial charge is 0.149 e. The topological polar surface area (TPSA) is 69.5 Å². The number of anilines is 1. The van der Waals surface area contributed by atoms with Crippen molar-refractivity contribution in [2.24, 2.45) is 0 Å². The Labute approximate surface area is 87.0 Å². The Morgan fingerprint density at radius 3 is 2.36 bits per heavy atom. The van der Waals surface area contributed by atoms with Gasteiger partial charge in [0, 0.05) is 13.1 Å². The van der Waals surface area contributed by atoms with Gasteiger partial charge in [-0.25, -0.2) is 4.98 Å². The average molecular weight is 218 g/mol. The molecule has 0 saturated heterocycles. The third kappa shape index (κ3) is 3.10. The standard InChI is InChI=1S/C8H12ClN3O2/c9-7-5-10-6-8(11-7)12(1-3-13)2-4-14/h5-6,13-14H,1-4H2. The van der Waals surface area contributed by atoms with Gasteiger partial charge in [-0.05, 0) is 0 Å². The number of aliphatic hydroxyl groups is 2. The van der Waals surface area contributed by atoms with Crippen LogP contribution >= 0.6 is 11.6 Å². The van der Waals surface area contributed by atoms with E-state index >= 15 is 0 Å². The van der Waals surface area contributed by atoms with Crippen molar-refractivity contribution < 1.29 is 10.2 Å². The molecule has 2 N–H and O–H groups in total. The molecule has 0 spiro atoms. The summed E-state index contributed by atoms with van der Waals surface area (Å²) < 4.78 is 0. The van der Waals surface area contributed by atoms with Gasteiger partial charge in [-0.1, -0.05) is 11.6 Å². The Bertz CT molecular complexity index is 279. The molecule has 0 aliphatic heterocycles. The molecule has 6 heteroatoms. The van der Waals surface area contributed by atoms with Gasteiger partial charge in [0.05, 0.1) is 25.6 Å². The summed E-state index contributed by atoms with van der Waals surface area (Å²) in [5.74, 6) is 0.556. The van der Waals surface area contributed by atoms with Gasteiger partial charge in [0.15, 0.2) is 0 Å². The van der Waals surface area contributed by atoms with E-state index in [1.807, 2.05) is 0 Å². The first-order valence-corrected chi connectivity index (χ1v) is 4.60. The van der Waals surface area contributed by atoms with E-state index in [1.165, 1.54) is 12.4 Å². The highest BCUT2D eigenvalue weighted by molar-refractivity contribution is 6.29. The zero-order chi connectivity index (χ0) is 10.4. The summed E-state index contributed by atoms with van der Waals surface area (Å²) in [5, 5.41) is 17.9. The second kappa shape index (κ2) is 5.74. The Hall–Kier alpha value is -0.910. The van der Waals surface area contributed by atoms with Crippen molar-refractivity contribution in [2.45, 2.75) is 0 Å². The van der Waals surface area contributed by atoms with Crippen molar-refractivity contribution in [2.75, 3.05) is 31.2 Å². The molecule has 1 heterocycles. The highest BCUT2D eigenvalue weighted by atomic mass is 35.5. The van der Waals surface area contributed by atoms with E-state index in [1.54, 1.807) is 4.90 Å². The van der Waals surface area contributed by atoms with Crippen LogP contribution in [-0.4, -0.2) is 46.5 Å². The quantitative estimate of drug-likeness (QED) is 0.722. The third-order valence-corrected chi connectivity index (χ3v) is 1.84. The number of aromatic nitrogens is 2. The number of nitrogens with zero attached hydrogens (tertiary/aromatic N) is 3. The maximum atomic E-state index is 8.79. The van der Waals surface area contributed by atoms with E-state index in [0.717, 1.165) is 0 Å². The molecule has 0 aliphatic rings. The molecule has 0 atom stereocenters. The van der Waals surface area contributed by atoms with Crippen LogP contribution in [0.4, 0.5) is 5.82 Å². The Morgan fingerprint density at radius 2 is 1.86 bits per heavy atom. The summed E-state index contributed by atoms with van der Waals surface area (Å²) in [6, 6.07) is 0. The number of hydrogen-bond donors (Lipinski definition) is 2. The maximum absolute atomic E-state index is 8.79. The minimum Gasteiger partial charge on any atom is -0.395 e. The van der Waals surface area contributed by atoms with Gasteiger partial charge >= 0.3 is 0 Å². The summed E-state index contributed by atoms with van der Waals surface area (Å²) in [5.41, 5.74) is 0. The lowest BCUT2D eigenvalue weighted by Crippen LogP contribution is -2.30. The number of aliphatic hydroxyl groups excluding tert-OH is 2. The first-order valence-electron chi connectivity index (χ1n) is 4.22. The van der Waals surface area contributed by atoms with Crippen LogP contribution < -0.4 is 4.90 Å². The lowest BCUT2D eigenvalue weighted by atomic mass is 10.4. The van der Waals surface area contributed by atoms with Crippen molar-refractivity contribution in [1.82, 2.24) is 9.97 Å². The van der Waals surface area contributed by atoms with E-state index in [9.17, 15) is 0 Å². The van der Waals surface area contributed by atoms with Crippen molar-refractivity contribution in [3.05, 3.63) is 17.5 Å². The average Bonchev–Trinajstić information content (AvgIpc) is 2.17. The summed E-state index contributed by atoms with van der Waals surface area (Å²) >= 11 is 5.66. The summed E-state index contributed by atoms with van der Waals surface area (Å²) in [7, 11) is 0. The molecule has 0 aliphatic carbocycles. The number of hydrogen-bond acceptors (Lipinski definition) is 5. The van der Waals surface area contributed by atoms with Crippen LogP contribution in [0.15, 0.2) is 12.4 Å². The van der Waals surface area contributed by atoms with Crippen LogP contribution in [0.1, 0.15) is 0 Å². The molecular formula is C8H12ClN3O2. The Morgan fingerprint density at radius 1 is 1.21 bits per heavy atom. The molecule has 1 aromatic rings. The molecule has 78 valence electrons. The van der Waals surface area contributed by atoms with E-state index in [2.05, 4.69) is 9.97 Å². The van der Waals surface area contributed by atoms with E-state index in [4.69, 9.17) is 21.8 Å². The normalized spacial score (nSPS) is 10.2. The van der Waals surface area contributed by atoms with Crippen LogP contribution in [0.2, 0.25) is 5.15 Å². The van der Waals surface area contributed by atoms with Gasteiger partial charge in [-0.2, -0.15) is 0 Å². The SMILES string of the molecule is OCCN(CCO)c1cncc(Cl)n1. The fraction of sp³-hybridized carbons (Fsp3) is 0.500. The summed E-state index contributed by atoms with van der Waals surface area (Å²) in [6.45, 7) is 0.785. The fourth-order valence-electron chi connectivity index (χ4n) is 1.07. The predicted octanol–water partition coefficient (Wildman–Crippen LogP) is -0.0790.